The first-order valence-corrected chi connectivity index (χ1v) is 16.2. The minimum atomic E-state index is -4.15. The van der Waals surface area contributed by atoms with Gasteiger partial charge in [-0.15, -0.1) is 0 Å². The van der Waals surface area contributed by atoms with Crippen LogP contribution in [0.4, 0.5) is 10.6 Å². The van der Waals surface area contributed by atoms with Crippen molar-refractivity contribution in [1.29, 1.82) is 0 Å². The van der Waals surface area contributed by atoms with E-state index in [2.05, 4.69) is 35.7 Å². The maximum Gasteiger partial charge on any atom is 0.407 e. The molecular formula is C30H38N8O7S. The van der Waals surface area contributed by atoms with Gasteiger partial charge in [0.2, 0.25) is 0 Å². The number of anilines is 1. The smallest absolute Gasteiger partial charge is 0.407 e. The summed E-state index contributed by atoms with van der Waals surface area (Å²) in [5.74, 6) is 0.780. The molecule has 0 saturated heterocycles. The topological polar surface area (TPSA) is 188 Å². The van der Waals surface area contributed by atoms with Crippen LogP contribution in [0.25, 0.3) is 11.0 Å². The number of aromatic amines is 1. The Balaban J connectivity index is 1.35. The Labute approximate surface area is 266 Å². The van der Waals surface area contributed by atoms with Crippen LogP contribution in [0.3, 0.4) is 0 Å². The van der Waals surface area contributed by atoms with Crippen LogP contribution in [0.2, 0.25) is 0 Å². The van der Waals surface area contributed by atoms with E-state index in [0.717, 1.165) is 16.7 Å². The lowest BCUT2D eigenvalue weighted by molar-refractivity contribution is 0.0523. The number of rotatable bonds is 12. The highest BCUT2D eigenvalue weighted by atomic mass is 32.2. The molecule has 1 aliphatic rings. The molecule has 3 heterocycles. The Bertz CT molecular complexity index is 1870. The average molecular weight is 655 g/mol. The van der Waals surface area contributed by atoms with Crippen LogP contribution in [0.5, 0.6) is 5.75 Å². The molecule has 246 valence electrons. The summed E-state index contributed by atoms with van der Waals surface area (Å²) in [5, 5.41) is 21.8. The molecule has 5 rings (SSSR count). The zero-order valence-electron chi connectivity index (χ0n) is 26.6. The molecule has 0 bridgehead atoms. The number of alkyl carbamates (subject to hydrolysis) is 1. The summed E-state index contributed by atoms with van der Waals surface area (Å²) in [6, 6.07) is 3.51. The number of carbonyl (C=O) groups is 1. The van der Waals surface area contributed by atoms with Gasteiger partial charge in [-0.1, -0.05) is 24.6 Å². The number of H-pyrrole nitrogens is 1. The molecule has 1 aromatic carbocycles. The molecule has 0 saturated carbocycles. The van der Waals surface area contributed by atoms with Crippen LogP contribution < -0.4 is 14.8 Å². The first-order valence-electron chi connectivity index (χ1n) is 14.7. The molecule has 1 atom stereocenters. The van der Waals surface area contributed by atoms with Crippen molar-refractivity contribution in [2.75, 3.05) is 11.8 Å². The van der Waals surface area contributed by atoms with Gasteiger partial charge >= 0.3 is 6.09 Å². The van der Waals surface area contributed by atoms with Gasteiger partial charge in [-0.2, -0.15) is 20.5 Å². The number of benzene rings is 1. The molecule has 15 nitrogen and oxygen atoms in total. The summed E-state index contributed by atoms with van der Waals surface area (Å²) in [7, 11) is -2.67. The van der Waals surface area contributed by atoms with Crippen molar-refractivity contribution in [2.24, 2.45) is 5.92 Å². The largest absolute Gasteiger partial charge is 0.496 e. The Hall–Kier alpha value is -4.86. The van der Waals surface area contributed by atoms with E-state index in [9.17, 15) is 13.2 Å². The first kappa shape index (κ1) is 32.5. The lowest BCUT2D eigenvalue weighted by Gasteiger charge is -2.25. The molecular weight excluding hydrogens is 616 g/mol. The number of fused-ring (bicyclic) bond motifs is 1. The van der Waals surface area contributed by atoms with E-state index < -0.39 is 21.7 Å². The zero-order valence-corrected chi connectivity index (χ0v) is 27.4. The number of amides is 1. The summed E-state index contributed by atoms with van der Waals surface area (Å²) < 4.78 is 54.3. The highest BCUT2D eigenvalue weighted by Gasteiger charge is 2.31. The lowest BCUT2D eigenvalue weighted by atomic mass is 9.90. The summed E-state index contributed by atoms with van der Waals surface area (Å²) in [6.45, 7) is 10.1. The number of methoxy groups -OCH3 is 1. The van der Waals surface area contributed by atoms with Gasteiger partial charge in [-0.25, -0.2) is 13.2 Å². The molecule has 16 heteroatoms. The molecule has 1 aliphatic carbocycles. The molecule has 1 amide bonds. The monoisotopic (exact) mass is 654 g/mol. The van der Waals surface area contributed by atoms with E-state index in [1.54, 1.807) is 56.1 Å². The SMILES string of the molecule is CCC1=CC(S(=O)(=O)Nc2noc3cc(Cn4cc(CNC(=O)OC(C)(C)C)cn4)cc(OC)c23)=C(OCc2cn[nH]n2)CC1C. The summed E-state index contributed by atoms with van der Waals surface area (Å²) in [5.41, 5.74) is 2.82. The number of nitrogens with zero attached hydrogens (tertiary/aromatic N) is 5. The van der Waals surface area contributed by atoms with Crippen molar-refractivity contribution < 1.29 is 31.9 Å². The number of hydrogen-bond donors (Lipinski definition) is 3. The first-order chi connectivity index (χ1) is 21.8. The predicted octanol–water partition coefficient (Wildman–Crippen LogP) is 4.77. The number of aromatic nitrogens is 6. The van der Waals surface area contributed by atoms with E-state index in [1.165, 1.54) is 13.3 Å². The van der Waals surface area contributed by atoms with Crippen LogP contribution in [0.15, 0.2) is 57.6 Å². The average Bonchev–Trinajstić information content (AvgIpc) is 3.76. The highest BCUT2D eigenvalue weighted by molar-refractivity contribution is 7.96. The van der Waals surface area contributed by atoms with Crippen LogP contribution in [0.1, 0.15) is 64.3 Å². The Morgan fingerprint density at radius 2 is 2.02 bits per heavy atom. The lowest BCUT2D eigenvalue weighted by Crippen LogP contribution is -2.32. The van der Waals surface area contributed by atoms with E-state index >= 15 is 0 Å². The minimum absolute atomic E-state index is 0.0126. The van der Waals surface area contributed by atoms with Gasteiger partial charge in [0, 0.05) is 24.7 Å². The van der Waals surface area contributed by atoms with Crippen molar-refractivity contribution in [2.45, 2.75) is 72.8 Å². The third-order valence-corrected chi connectivity index (χ3v) is 8.58. The zero-order chi connectivity index (χ0) is 33.1. The van der Waals surface area contributed by atoms with Gasteiger partial charge in [-0.3, -0.25) is 9.40 Å². The standard InChI is InChI=1S/C30H38N8O7S/c1-7-21-11-26(23(8-18(21)2)43-17-22-14-32-37-34-22)46(40,41)36-28-27-24(42-6)9-19(10-25(27)45-35-28)15-38-16-20(13-33-38)12-31-29(39)44-30(3,4)5/h9-11,13-14,16,18H,7-8,12,15,17H2,1-6H3,(H,31,39)(H,35,36)(H,32,34,37). The Kier molecular flexibility index (Phi) is 9.37. The summed E-state index contributed by atoms with van der Waals surface area (Å²) >= 11 is 0. The van der Waals surface area contributed by atoms with E-state index in [4.69, 9.17) is 18.7 Å². The molecule has 4 aromatic rings. The number of ether oxygens (including phenoxy) is 3. The molecule has 1 unspecified atom stereocenters. The second-order valence-electron chi connectivity index (χ2n) is 11.9. The number of carbonyl (C=O) groups excluding carboxylic acids is 1. The summed E-state index contributed by atoms with van der Waals surface area (Å²) in [4.78, 5) is 12.0. The molecule has 3 N–H and O–H groups in total. The minimum Gasteiger partial charge on any atom is -0.496 e. The number of sulfonamides is 1. The van der Waals surface area contributed by atoms with Gasteiger partial charge in [0.05, 0.1) is 26.0 Å². The number of nitrogens with one attached hydrogen (secondary N) is 3. The van der Waals surface area contributed by atoms with Gasteiger partial charge in [-0.05, 0) is 56.9 Å². The molecule has 0 aliphatic heterocycles. The van der Waals surface area contributed by atoms with Gasteiger partial charge in [0.1, 0.15) is 39.7 Å². The molecule has 46 heavy (non-hydrogen) atoms. The second-order valence-corrected chi connectivity index (χ2v) is 13.6. The van der Waals surface area contributed by atoms with Crippen LogP contribution in [0, 0.1) is 5.92 Å². The fourth-order valence-electron chi connectivity index (χ4n) is 5.02. The number of hydrogen-bond acceptors (Lipinski definition) is 11. The van der Waals surface area contributed by atoms with Crippen LogP contribution >= 0.6 is 0 Å². The molecule has 0 radical (unpaired) electrons. The quantitative estimate of drug-likeness (QED) is 0.191. The van der Waals surface area contributed by atoms with Crippen molar-refractivity contribution in [1.82, 2.24) is 35.7 Å². The van der Waals surface area contributed by atoms with Crippen molar-refractivity contribution in [3.8, 4) is 5.75 Å². The predicted molar refractivity (Wildman–Crippen MR) is 168 cm³/mol. The Morgan fingerprint density at radius 1 is 1.22 bits per heavy atom. The fourth-order valence-corrected chi connectivity index (χ4v) is 6.27. The van der Waals surface area contributed by atoms with E-state index in [1.807, 2.05) is 13.8 Å². The van der Waals surface area contributed by atoms with Gasteiger partial charge < -0.3 is 24.1 Å². The second kappa shape index (κ2) is 13.2. The normalized spacial score (nSPS) is 15.5. The molecule has 3 aromatic heterocycles. The van der Waals surface area contributed by atoms with Crippen molar-refractivity contribution in [3.05, 3.63) is 69.9 Å². The van der Waals surface area contributed by atoms with Gasteiger partial charge in [0.25, 0.3) is 10.0 Å². The van der Waals surface area contributed by atoms with Crippen molar-refractivity contribution in [3.63, 3.8) is 0 Å². The van der Waals surface area contributed by atoms with Crippen LogP contribution in [-0.2, 0) is 39.2 Å². The Morgan fingerprint density at radius 3 is 2.72 bits per heavy atom. The summed E-state index contributed by atoms with van der Waals surface area (Å²) in [6.07, 6.45) is 7.21. The van der Waals surface area contributed by atoms with Crippen LogP contribution in [-0.4, -0.2) is 57.6 Å². The highest BCUT2D eigenvalue weighted by Crippen LogP contribution is 2.38. The maximum atomic E-state index is 13.8. The number of allylic oxidation sites excluding steroid dienone is 3. The molecule has 0 spiro atoms. The third-order valence-electron chi connectivity index (χ3n) is 7.19. The van der Waals surface area contributed by atoms with E-state index in [-0.39, 0.29) is 29.8 Å². The third kappa shape index (κ3) is 7.67. The van der Waals surface area contributed by atoms with E-state index in [0.29, 0.717) is 47.6 Å². The van der Waals surface area contributed by atoms with Crippen molar-refractivity contribution >= 4 is 32.9 Å². The fraction of sp³-hybridized carbons (Fsp3) is 0.433. The maximum absolute atomic E-state index is 13.8. The molecule has 0 fully saturated rings. The van der Waals surface area contributed by atoms with Gasteiger partial charge in [0.15, 0.2) is 11.4 Å².